The molecule has 1 unspecified atom stereocenters. The molecule has 0 spiro atoms. The van der Waals surface area contributed by atoms with Crippen molar-refractivity contribution in [2.75, 3.05) is 0 Å². The van der Waals surface area contributed by atoms with Crippen LogP contribution < -0.4 is 5.73 Å². The molecular weight excluding hydrogens is 274 g/mol. The molecule has 2 heteroatoms. The third kappa shape index (κ3) is 2.92. The maximum Gasteiger partial charge on any atom is 0.0328 e. The van der Waals surface area contributed by atoms with Gasteiger partial charge in [-0.2, -0.15) is 0 Å². The molecule has 0 radical (unpaired) electrons. The maximum absolute atomic E-state index is 6.46. The van der Waals surface area contributed by atoms with E-state index in [9.17, 15) is 0 Å². The van der Waals surface area contributed by atoms with Crippen molar-refractivity contribution in [3.8, 4) is 0 Å². The van der Waals surface area contributed by atoms with E-state index in [-0.39, 0.29) is 6.04 Å². The zero-order chi connectivity index (χ0) is 13.2. The van der Waals surface area contributed by atoms with Gasteiger partial charge in [-0.3, -0.25) is 0 Å². The van der Waals surface area contributed by atoms with Crippen molar-refractivity contribution in [3.05, 3.63) is 32.8 Å². The fourth-order valence-electron chi connectivity index (χ4n) is 2.72. The van der Waals surface area contributed by atoms with E-state index < -0.39 is 0 Å². The molecule has 0 heterocycles. The van der Waals surface area contributed by atoms with Crippen LogP contribution in [0.3, 0.4) is 0 Å². The van der Waals surface area contributed by atoms with E-state index in [1.165, 1.54) is 26.7 Å². The minimum atomic E-state index is 0.155. The molecule has 0 aliphatic heterocycles. The molecule has 1 aromatic carbocycles. The second kappa shape index (κ2) is 6.01. The Bertz CT molecular complexity index is 394. The largest absolute Gasteiger partial charge is 0.324 e. The molecule has 2 N–H and O–H groups in total. The van der Waals surface area contributed by atoms with E-state index in [2.05, 4.69) is 56.6 Å². The Labute approximate surface area is 114 Å². The first-order chi connectivity index (χ1) is 7.93. The summed E-state index contributed by atoms with van der Waals surface area (Å²) < 4.78 is 1.21. The lowest BCUT2D eigenvalue weighted by molar-refractivity contribution is 0.403. The molecule has 1 nitrogen and oxygen atoms in total. The monoisotopic (exact) mass is 297 g/mol. The van der Waals surface area contributed by atoms with Crippen LogP contribution in [0.1, 0.15) is 55.0 Å². The fraction of sp³-hybridized carbons (Fsp3) is 0.600. The number of hydrogen-bond donors (Lipinski definition) is 1. The lowest BCUT2D eigenvalue weighted by Crippen LogP contribution is -2.22. The highest BCUT2D eigenvalue weighted by Crippen LogP contribution is 2.34. The van der Waals surface area contributed by atoms with Gasteiger partial charge in [-0.05, 0) is 48.9 Å². The van der Waals surface area contributed by atoms with Crippen LogP contribution in [0.5, 0.6) is 0 Å². The SMILES string of the molecule is CCC(CC)C(N)c1c(C)cc(C)c(Br)c1C. The van der Waals surface area contributed by atoms with Gasteiger partial charge in [0.1, 0.15) is 0 Å². The standard InChI is InChI=1S/C15H24BrN/c1-6-12(7-2)15(17)13-9(3)8-10(4)14(16)11(13)5/h8,12,15H,6-7,17H2,1-5H3. The van der Waals surface area contributed by atoms with Crippen LogP contribution in [0.4, 0.5) is 0 Å². The first-order valence-corrected chi connectivity index (χ1v) is 7.25. The van der Waals surface area contributed by atoms with E-state index in [1.54, 1.807) is 0 Å². The van der Waals surface area contributed by atoms with Crippen LogP contribution in [-0.4, -0.2) is 0 Å². The Hall–Kier alpha value is -0.340. The van der Waals surface area contributed by atoms with Gasteiger partial charge in [0.2, 0.25) is 0 Å². The summed E-state index contributed by atoms with van der Waals surface area (Å²) in [5.41, 5.74) is 11.7. The smallest absolute Gasteiger partial charge is 0.0328 e. The zero-order valence-corrected chi connectivity index (χ0v) is 13.2. The van der Waals surface area contributed by atoms with Gasteiger partial charge in [0, 0.05) is 10.5 Å². The third-order valence-electron chi connectivity index (χ3n) is 3.83. The Morgan fingerprint density at radius 1 is 1.12 bits per heavy atom. The summed E-state index contributed by atoms with van der Waals surface area (Å²) in [6, 6.07) is 2.39. The van der Waals surface area contributed by atoms with Gasteiger partial charge in [-0.15, -0.1) is 0 Å². The van der Waals surface area contributed by atoms with Gasteiger partial charge >= 0.3 is 0 Å². The minimum Gasteiger partial charge on any atom is -0.324 e. The van der Waals surface area contributed by atoms with Crippen LogP contribution in [0.2, 0.25) is 0 Å². The second-order valence-electron chi connectivity index (χ2n) is 4.97. The van der Waals surface area contributed by atoms with Gasteiger partial charge in [0.15, 0.2) is 0 Å². The van der Waals surface area contributed by atoms with Crippen LogP contribution in [0, 0.1) is 26.7 Å². The molecule has 0 amide bonds. The normalized spacial score (nSPS) is 13.2. The summed E-state index contributed by atoms with van der Waals surface area (Å²) in [6.07, 6.45) is 2.28. The quantitative estimate of drug-likeness (QED) is 0.848. The molecule has 17 heavy (non-hydrogen) atoms. The van der Waals surface area contributed by atoms with E-state index in [0.717, 1.165) is 12.8 Å². The first kappa shape index (κ1) is 14.7. The Balaban J connectivity index is 3.26. The van der Waals surface area contributed by atoms with Crippen molar-refractivity contribution in [1.82, 2.24) is 0 Å². The highest BCUT2D eigenvalue weighted by Gasteiger charge is 2.21. The molecular formula is C15H24BrN. The van der Waals surface area contributed by atoms with Gasteiger partial charge in [0.25, 0.3) is 0 Å². The van der Waals surface area contributed by atoms with Crippen molar-refractivity contribution in [2.45, 2.75) is 53.5 Å². The molecule has 0 aromatic heterocycles. The predicted molar refractivity (Wildman–Crippen MR) is 79.4 cm³/mol. The topological polar surface area (TPSA) is 26.0 Å². The molecule has 0 saturated heterocycles. The van der Waals surface area contributed by atoms with Crippen LogP contribution in [0.25, 0.3) is 0 Å². The van der Waals surface area contributed by atoms with E-state index in [4.69, 9.17) is 5.73 Å². The molecule has 1 aromatic rings. The van der Waals surface area contributed by atoms with Gasteiger partial charge in [-0.1, -0.05) is 48.7 Å². The van der Waals surface area contributed by atoms with Crippen molar-refractivity contribution in [3.63, 3.8) is 0 Å². The maximum atomic E-state index is 6.46. The molecule has 0 aliphatic rings. The van der Waals surface area contributed by atoms with Crippen molar-refractivity contribution in [2.24, 2.45) is 11.7 Å². The fourth-order valence-corrected chi connectivity index (χ4v) is 3.05. The Morgan fingerprint density at radius 2 is 1.65 bits per heavy atom. The highest BCUT2D eigenvalue weighted by atomic mass is 79.9. The average molecular weight is 298 g/mol. The Kier molecular flexibility index (Phi) is 5.21. The van der Waals surface area contributed by atoms with Crippen LogP contribution in [0.15, 0.2) is 10.5 Å². The van der Waals surface area contributed by atoms with Gasteiger partial charge in [0.05, 0.1) is 0 Å². The second-order valence-corrected chi connectivity index (χ2v) is 5.76. The van der Waals surface area contributed by atoms with Crippen molar-refractivity contribution < 1.29 is 0 Å². The van der Waals surface area contributed by atoms with E-state index in [0.29, 0.717) is 5.92 Å². The van der Waals surface area contributed by atoms with Crippen LogP contribution >= 0.6 is 15.9 Å². The number of nitrogens with two attached hydrogens (primary N) is 1. The number of aryl methyl sites for hydroxylation is 2. The summed E-state index contributed by atoms with van der Waals surface area (Å²) in [5.74, 6) is 0.571. The lowest BCUT2D eigenvalue weighted by Gasteiger charge is -2.26. The third-order valence-corrected chi connectivity index (χ3v) is 5.05. The summed E-state index contributed by atoms with van der Waals surface area (Å²) in [6.45, 7) is 10.9. The van der Waals surface area contributed by atoms with E-state index >= 15 is 0 Å². The minimum absolute atomic E-state index is 0.155. The number of hydrogen-bond acceptors (Lipinski definition) is 1. The first-order valence-electron chi connectivity index (χ1n) is 6.45. The molecule has 1 rings (SSSR count). The zero-order valence-electron chi connectivity index (χ0n) is 11.6. The van der Waals surface area contributed by atoms with Gasteiger partial charge < -0.3 is 5.73 Å². The lowest BCUT2D eigenvalue weighted by atomic mass is 9.84. The summed E-state index contributed by atoms with van der Waals surface area (Å²) >= 11 is 3.67. The molecule has 96 valence electrons. The summed E-state index contributed by atoms with van der Waals surface area (Å²) in [5, 5.41) is 0. The van der Waals surface area contributed by atoms with Crippen LogP contribution in [-0.2, 0) is 0 Å². The molecule has 0 bridgehead atoms. The Morgan fingerprint density at radius 3 is 2.12 bits per heavy atom. The average Bonchev–Trinajstić information content (AvgIpc) is 2.28. The van der Waals surface area contributed by atoms with Gasteiger partial charge in [-0.25, -0.2) is 0 Å². The molecule has 1 atom stereocenters. The molecule has 0 saturated carbocycles. The molecule has 0 aliphatic carbocycles. The molecule has 0 fully saturated rings. The number of rotatable bonds is 4. The highest BCUT2D eigenvalue weighted by molar-refractivity contribution is 9.10. The summed E-state index contributed by atoms with van der Waals surface area (Å²) in [7, 11) is 0. The van der Waals surface area contributed by atoms with E-state index in [1.807, 2.05) is 0 Å². The predicted octanol–water partition coefficient (Wildman–Crippen LogP) is 4.81. The van der Waals surface area contributed by atoms with Crippen molar-refractivity contribution >= 4 is 15.9 Å². The number of benzene rings is 1. The summed E-state index contributed by atoms with van der Waals surface area (Å²) in [4.78, 5) is 0. The van der Waals surface area contributed by atoms with Crippen molar-refractivity contribution in [1.29, 1.82) is 0 Å². The number of halogens is 1.